The lowest BCUT2D eigenvalue weighted by Crippen LogP contribution is -2.34. The third-order valence-electron chi connectivity index (χ3n) is 2.76. The fraction of sp³-hybridized carbons (Fsp3) is 0.0667. The van der Waals surface area contributed by atoms with Crippen molar-refractivity contribution in [2.75, 3.05) is 12.4 Å². The molecule has 0 aliphatic rings. The average Bonchev–Trinajstić information content (AvgIpc) is 2.47. The van der Waals surface area contributed by atoms with Crippen molar-refractivity contribution in [3.8, 4) is 5.75 Å². The maximum Gasteiger partial charge on any atom is 0.258 e. The van der Waals surface area contributed by atoms with E-state index in [9.17, 15) is 4.79 Å². The van der Waals surface area contributed by atoms with Crippen LogP contribution < -0.4 is 15.4 Å². The number of methoxy groups -OCH3 is 1. The van der Waals surface area contributed by atoms with Gasteiger partial charge in [-0.2, -0.15) is 0 Å². The van der Waals surface area contributed by atoms with Crippen molar-refractivity contribution in [2.45, 2.75) is 0 Å². The van der Waals surface area contributed by atoms with E-state index in [4.69, 9.17) is 28.6 Å². The molecule has 0 bridgehead atoms. The first-order chi connectivity index (χ1) is 10.5. The molecule has 114 valence electrons. The highest BCUT2D eigenvalue weighted by Crippen LogP contribution is 2.27. The van der Waals surface area contributed by atoms with Crippen LogP contribution in [0.2, 0.25) is 5.02 Å². The van der Waals surface area contributed by atoms with Crippen molar-refractivity contribution >= 4 is 56.5 Å². The average molecular weight is 400 g/mol. The number of anilines is 1. The van der Waals surface area contributed by atoms with E-state index >= 15 is 0 Å². The third-order valence-corrected chi connectivity index (χ3v) is 3.91. The fourth-order valence-electron chi connectivity index (χ4n) is 1.72. The van der Waals surface area contributed by atoms with Crippen LogP contribution in [0.25, 0.3) is 0 Å². The van der Waals surface area contributed by atoms with E-state index in [1.807, 2.05) is 0 Å². The molecule has 2 aromatic rings. The smallest absolute Gasteiger partial charge is 0.258 e. The summed E-state index contributed by atoms with van der Waals surface area (Å²) in [5, 5.41) is 6.06. The first-order valence-corrected chi connectivity index (χ1v) is 7.79. The monoisotopic (exact) mass is 398 g/mol. The molecule has 0 aromatic heterocycles. The van der Waals surface area contributed by atoms with E-state index < -0.39 is 0 Å². The maximum atomic E-state index is 12.1. The van der Waals surface area contributed by atoms with Crippen LogP contribution in [0.4, 0.5) is 5.69 Å². The van der Waals surface area contributed by atoms with Crippen LogP contribution in [0.3, 0.4) is 0 Å². The number of benzene rings is 2. The number of hydrogen-bond acceptors (Lipinski definition) is 3. The van der Waals surface area contributed by atoms with E-state index in [-0.39, 0.29) is 11.0 Å². The molecule has 0 aliphatic heterocycles. The van der Waals surface area contributed by atoms with Gasteiger partial charge in [-0.1, -0.05) is 23.7 Å². The molecular formula is C15H12BrClN2O2S. The second-order valence-corrected chi connectivity index (χ2v) is 5.91. The van der Waals surface area contributed by atoms with Gasteiger partial charge in [0.05, 0.1) is 22.2 Å². The van der Waals surface area contributed by atoms with Gasteiger partial charge < -0.3 is 10.1 Å². The molecule has 0 unspecified atom stereocenters. The summed E-state index contributed by atoms with van der Waals surface area (Å²) in [6.45, 7) is 0. The molecule has 0 spiro atoms. The quantitative estimate of drug-likeness (QED) is 0.758. The molecule has 0 saturated carbocycles. The molecule has 0 aliphatic carbocycles. The summed E-state index contributed by atoms with van der Waals surface area (Å²) in [6.07, 6.45) is 0. The summed E-state index contributed by atoms with van der Waals surface area (Å²) in [4.78, 5) is 12.1. The van der Waals surface area contributed by atoms with E-state index in [0.29, 0.717) is 16.3 Å². The molecule has 0 saturated heterocycles. The van der Waals surface area contributed by atoms with Crippen LogP contribution in [-0.4, -0.2) is 18.1 Å². The standard InChI is InChI=1S/C15H12BrClN2O2S/c1-21-13-7-6-9(8-11(13)16)18-15(22)19-14(20)10-4-2-3-5-12(10)17/h2-8H,1H3,(H2,18,19,20,22). The van der Waals surface area contributed by atoms with Crippen LogP contribution in [0, 0.1) is 0 Å². The lowest BCUT2D eigenvalue weighted by molar-refractivity contribution is 0.0978. The first-order valence-electron chi connectivity index (χ1n) is 6.21. The maximum absolute atomic E-state index is 12.1. The number of amides is 1. The highest BCUT2D eigenvalue weighted by molar-refractivity contribution is 9.10. The van der Waals surface area contributed by atoms with Crippen LogP contribution in [0.15, 0.2) is 46.9 Å². The Bertz CT molecular complexity index is 724. The minimum Gasteiger partial charge on any atom is -0.496 e. The summed E-state index contributed by atoms with van der Waals surface area (Å²) in [7, 11) is 1.58. The van der Waals surface area contributed by atoms with Gasteiger partial charge in [0.2, 0.25) is 0 Å². The van der Waals surface area contributed by atoms with Crippen LogP contribution in [-0.2, 0) is 0 Å². The number of hydrogen-bond donors (Lipinski definition) is 2. The Morgan fingerprint density at radius 1 is 1.27 bits per heavy atom. The van der Waals surface area contributed by atoms with Crippen LogP contribution in [0.5, 0.6) is 5.75 Å². The second kappa shape index (κ2) is 7.58. The zero-order valence-electron chi connectivity index (χ0n) is 11.5. The molecular weight excluding hydrogens is 388 g/mol. The van der Waals surface area contributed by atoms with Crippen molar-refractivity contribution in [1.29, 1.82) is 0 Å². The Morgan fingerprint density at radius 3 is 2.64 bits per heavy atom. The Kier molecular flexibility index (Phi) is 5.76. The largest absolute Gasteiger partial charge is 0.496 e. The zero-order chi connectivity index (χ0) is 16.1. The molecule has 0 atom stereocenters. The van der Waals surface area contributed by atoms with Crippen molar-refractivity contribution < 1.29 is 9.53 Å². The van der Waals surface area contributed by atoms with Crippen LogP contribution >= 0.6 is 39.7 Å². The predicted octanol–water partition coefficient (Wildman–Crippen LogP) is 4.24. The number of thiocarbonyl (C=S) groups is 1. The Balaban J connectivity index is 2.03. The molecule has 4 nitrogen and oxygen atoms in total. The minimum atomic E-state index is -0.365. The van der Waals surface area contributed by atoms with Gasteiger partial charge in [-0.05, 0) is 58.5 Å². The summed E-state index contributed by atoms with van der Waals surface area (Å²) in [5.74, 6) is 0.340. The third kappa shape index (κ3) is 4.19. The van der Waals surface area contributed by atoms with Gasteiger partial charge in [-0.3, -0.25) is 10.1 Å². The van der Waals surface area contributed by atoms with Gasteiger partial charge in [0.1, 0.15) is 5.75 Å². The molecule has 0 heterocycles. The molecule has 22 heavy (non-hydrogen) atoms. The normalized spacial score (nSPS) is 9.95. The van der Waals surface area contributed by atoms with Gasteiger partial charge >= 0.3 is 0 Å². The summed E-state index contributed by atoms with van der Waals surface area (Å²) >= 11 is 14.5. The summed E-state index contributed by atoms with van der Waals surface area (Å²) < 4.78 is 5.93. The summed E-state index contributed by atoms with van der Waals surface area (Å²) in [6, 6.07) is 12.1. The molecule has 2 aromatic carbocycles. The van der Waals surface area contributed by atoms with Gasteiger partial charge in [0.25, 0.3) is 5.91 Å². The predicted molar refractivity (Wildman–Crippen MR) is 95.8 cm³/mol. The topological polar surface area (TPSA) is 50.4 Å². The molecule has 7 heteroatoms. The van der Waals surface area contributed by atoms with Gasteiger partial charge in [-0.25, -0.2) is 0 Å². The van der Waals surface area contributed by atoms with E-state index in [0.717, 1.165) is 10.2 Å². The SMILES string of the molecule is COc1ccc(NC(=S)NC(=O)c2ccccc2Cl)cc1Br. The molecule has 2 N–H and O–H groups in total. The summed E-state index contributed by atoms with van der Waals surface area (Å²) in [5.41, 5.74) is 1.08. The van der Waals surface area contributed by atoms with Gasteiger partial charge in [0.15, 0.2) is 5.11 Å². The number of halogens is 2. The first kappa shape index (κ1) is 16.7. The Labute approximate surface area is 146 Å². The number of carbonyl (C=O) groups is 1. The Morgan fingerprint density at radius 2 is 2.00 bits per heavy atom. The van der Waals surface area contributed by atoms with Crippen molar-refractivity contribution in [1.82, 2.24) is 5.32 Å². The Hall–Kier alpha value is -1.63. The molecule has 0 fully saturated rings. The number of carbonyl (C=O) groups excluding carboxylic acids is 1. The zero-order valence-corrected chi connectivity index (χ0v) is 14.7. The van der Waals surface area contributed by atoms with E-state index in [2.05, 4.69) is 26.6 Å². The van der Waals surface area contributed by atoms with E-state index in [1.54, 1.807) is 49.6 Å². The molecule has 2 rings (SSSR count). The lowest BCUT2D eigenvalue weighted by Gasteiger charge is -2.11. The van der Waals surface area contributed by atoms with Crippen molar-refractivity contribution in [2.24, 2.45) is 0 Å². The molecule has 0 radical (unpaired) electrons. The van der Waals surface area contributed by atoms with Gasteiger partial charge in [0, 0.05) is 5.69 Å². The van der Waals surface area contributed by atoms with Crippen LogP contribution in [0.1, 0.15) is 10.4 Å². The van der Waals surface area contributed by atoms with Crippen molar-refractivity contribution in [3.63, 3.8) is 0 Å². The van der Waals surface area contributed by atoms with Crippen molar-refractivity contribution in [3.05, 3.63) is 57.5 Å². The minimum absolute atomic E-state index is 0.182. The lowest BCUT2D eigenvalue weighted by atomic mass is 10.2. The number of nitrogens with one attached hydrogen (secondary N) is 2. The number of ether oxygens (including phenoxy) is 1. The highest BCUT2D eigenvalue weighted by atomic mass is 79.9. The van der Waals surface area contributed by atoms with Gasteiger partial charge in [-0.15, -0.1) is 0 Å². The number of rotatable bonds is 3. The highest BCUT2D eigenvalue weighted by Gasteiger charge is 2.11. The fourth-order valence-corrected chi connectivity index (χ4v) is 2.70. The molecule has 1 amide bonds. The van der Waals surface area contributed by atoms with E-state index in [1.165, 1.54) is 0 Å². The second-order valence-electron chi connectivity index (χ2n) is 4.24.